The van der Waals surface area contributed by atoms with Gasteiger partial charge in [0.25, 0.3) is 0 Å². The van der Waals surface area contributed by atoms with Crippen molar-refractivity contribution in [2.45, 2.75) is 0 Å². The lowest BCUT2D eigenvalue weighted by Crippen LogP contribution is -1.96. The Hall–Kier alpha value is -2.81. The van der Waals surface area contributed by atoms with E-state index in [1.165, 1.54) is 0 Å². The zero-order valence-corrected chi connectivity index (χ0v) is 10.5. The van der Waals surface area contributed by atoms with Crippen molar-refractivity contribution in [3.8, 4) is 22.6 Å². The van der Waals surface area contributed by atoms with Crippen molar-refractivity contribution in [3.63, 3.8) is 0 Å². The van der Waals surface area contributed by atoms with Crippen LogP contribution in [0.3, 0.4) is 0 Å². The van der Waals surface area contributed by atoms with E-state index in [0.717, 1.165) is 22.6 Å². The van der Waals surface area contributed by atoms with Crippen molar-refractivity contribution < 1.29 is 13.6 Å². The van der Waals surface area contributed by atoms with Crippen molar-refractivity contribution in [1.29, 1.82) is 0 Å². The van der Waals surface area contributed by atoms with E-state index in [9.17, 15) is 4.79 Å². The standard InChI is InChI=1S/C17H10O3/c18-17(13-7-11-3-1-5-19-15(11)9-13)14-8-12-4-2-6-20-16(12)10-14/h1-10H. The fraction of sp³-hybridized carbons (Fsp3) is 0. The molecule has 0 unspecified atom stereocenters. The number of hydrogen-bond donors (Lipinski definition) is 0. The third-order valence-corrected chi connectivity index (χ3v) is 3.39. The second-order valence-corrected chi connectivity index (χ2v) is 4.68. The molecule has 0 atom stereocenters. The van der Waals surface area contributed by atoms with Crippen molar-refractivity contribution in [2.24, 2.45) is 0 Å². The highest BCUT2D eigenvalue weighted by Gasteiger charge is 2.19. The summed E-state index contributed by atoms with van der Waals surface area (Å²) in [4.78, 5) is 12.5. The molecular formula is C17H10O3. The van der Waals surface area contributed by atoms with Gasteiger partial charge in [-0.2, -0.15) is 0 Å². The maximum absolute atomic E-state index is 12.5. The molecule has 2 heterocycles. The normalized spacial score (nSPS) is 11.2. The molecule has 0 aromatic carbocycles. The van der Waals surface area contributed by atoms with Gasteiger partial charge in [-0.25, -0.2) is 0 Å². The van der Waals surface area contributed by atoms with Crippen LogP contribution in [-0.4, -0.2) is 5.78 Å². The molecule has 0 radical (unpaired) electrons. The third-order valence-electron chi connectivity index (χ3n) is 3.39. The Bertz CT molecular complexity index is 708. The second-order valence-electron chi connectivity index (χ2n) is 4.68. The largest absolute Gasteiger partial charge is 0.464 e. The molecule has 4 aliphatic rings. The first-order valence-corrected chi connectivity index (χ1v) is 6.30. The molecule has 0 saturated heterocycles. The van der Waals surface area contributed by atoms with Gasteiger partial charge in [-0.15, -0.1) is 0 Å². The van der Waals surface area contributed by atoms with Gasteiger partial charge < -0.3 is 8.83 Å². The van der Waals surface area contributed by atoms with Crippen LogP contribution in [0, 0.1) is 0 Å². The van der Waals surface area contributed by atoms with E-state index in [0.29, 0.717) is 11.1 Å². The number of ketones is 1. The Balaban J connectivity index is 1.81. The smallest absolute Gasteiger partial charge is 0.193 e. The van der Waals surface area contributed by atoms with Crippen molar-refractivity contribution in [1.82, 2.24) is 0 Å². The zero-order chi connectivity index (χ0) is 13.5. The molecule has 0 bridgehead atoms. The number of carbonyl (C=O) groups is 1. The van der Waals surface area contributed by atoms with Gasteiger partial charge in [0.05, 0.1) is 12.5 Å². The van der Waals surface area contributed by atoms with Crippen molar-refractivity contribution in [3.05, 3.63) is 72.2 Å². The number of fused-ring (bicyclic) bond motifs is 2. The molecule has 0 fully saturated rings. The summed E-state index contributed by atoms with van der Waals surface area (Å²) < 4.78 is 10.7. The predicted octanol–water partition coefficient (Wildman–Crippen LogP) is 4.31. The molecule has 0 aromatic heterocycles. The summed E-state index contributed by atoms with van der Waals surface area (Å²) in [5.74, 6) is 1.41. The Labute approximate surface area is 115 Å². The predicted molar refractivity (Wildman–Crippen MR) is 74.1 cm³/mol. The van der Waals surface area contributed by atoms with Gasteiger partial charge in [0.15, 0.2) is 5.78 Å². The molecule has 0 spiro atoms. The van der Waals surface area contributed by atoms with E-state index >= 15 is 0 Å². The molecule has 4 rings (SSSR count). The van der Waals surface area contributed by atoms with Crippen LogP contribution in [0.25, 0.3) is 22.6 Å². The Morgan fingerprint density at radius 2 is 1.25 bits per heavy atom. The maximum Gasteiger partial charge on any atom is 0.193 e. The van der Waals surface area contributed by atoms with Gasteiger partial charge in [-0.3, -0.25) is 4.79 Å². The van der Waals surface area contributed by atoms with E-state index in [-0.39, 0.29) is 5.78 Å². The summed E-state index contributed by atoms with van der Waals surface area (Å²) in [5, 5.41) is 0. The number of rotatable bonds is 2. The highest BCUT2D eigenvalue weighted by molar-refractivity contribution is 6.12. The van der Waals surface area contributed by atoms with Crippen LogP contribution in [-0.2, 0) is 0 Å². The molecular weight excluding hydrogens is 252 g/mol. The van der Waals surface area contributed by atoms with Gasteiger partial charge >= 0.3 is 0 Å². The first-order valence-electron chi connectivity index (χ1n) is 6.30. The minimum atomic E-state index is -0.0252. The first kappa shape index (κ1) is 11.1. The van der Waals surface area contributed by atoms with Crippen LogP contribution in [0.5, 0.6) is 0 Å². The molecule has 2 aliphatic heterocycles. The first-order chi connectivity index (χ1) is 9.81. The Morgan fingerprint density at radius 3 is 1.70 bits per heavy atom. The number of hydrogen-bond acceptors (Lipinski definition) is 3. The average molecular weight is 262 g/mol. The molecule has 0 aromatic rings. The molecule has 2 aliphatic carbocycles. The molecule has 3 nitrogen and oxygen atoms in total. The van der Waals surface area contributed by atoms with E-state index < -0.39 is 0 Å². The van der Waals surface area contributed by atoms with Crippen molar-refractivity contribution >= 4 is 5.78 Å². The van der Waals surface area contributed by atoms with E-state index in [1.54, 1.807) is 24.7 Å². The Kier molecular flexibility index (Phi) is 2.27. The van der Waals surface area contributed by atoms with Gasteiger partial charge in [0, 0.05) is 22.3 Å². The summed E-state index contributed by atoms with van der Waals surface area (Å²) in [5.41, 5.74) is 3.11. The molecule has 20 heavy (non-hydrogen) atoms. The lowest BCUT2D eigenvalue weighted by molar-refractivity contribution is 0.103. The van der Waals surface area contributed by atoms with Gasteiger partial charge in [0.2, 0.25) is 0 Å². The van der Waals surface area contributed by atoms with Crippen LogP contribution in [0.4, 0.5) is 0 Å². The SMILES string of the molecule is O=C(c1cc2cccoc-2c1)c1cc2cccoc-2c1. The highest BCUT2D eigenvalue weighted by Crippen LogP contribution is 2.30. The number of carbonyl (C=O) groups excluding carboxylic acids is 1. The average Bonchev–Trinajstić information content (AvgIpc) is 3.10. The monoisotopic (exact) mass is 262 g/mol. The van der Waals surface area contributed by atoms with Crippen LogP contribution >= 0.6 is 0 Å². The van der Waals surface area contributed by atoms with E-state index in [4.69, 9.17) is 8.83 Å². The van der Waals surface area contributed by atoms with Gasteiger partial charge in [-0.05, 0) is 48.5 Å². The molecule has 0 N–H and O–H groups in total. The molecule has 0 saturated carbocycles. The summed E-state index contributed by atoms with van der Waals surface area (Å²) in [6.07, 6.45) is 3.21. The third kappa shape index (κ3) is 1.64. The lowest BCUT2D eigenvalue weighted by atomic mass is 10.1. The molecule has 96 valence electrons. The quantitative estimate of drug-likeness (QED) is 0.505. The topological polar surface area (TPSA) is 43.4 Å². The summed E-state index contributed by atoms with van der Waals surface area (Å²) in [6, 6.07) is 14.7. The summed E-state index contributed by atoms with van der Waals surface area (Å²) in [7, 11) is 0. The van der Waals surface area contributed by atoms with Crippen LogP contribution in [0.1, 0.15) is 15.9 Å². The minimum Gasteiger partial charge on any atom is -0.464 e. The van der Waals surface area contributed by atoms with Crippen LogP contribution in [0.15, 0.2) is 69.9 Å². The van der Waals surface area contributed by atoms with Gasteiger partial charge in [-0.1, -0.05) is 0 Å². The molecule has 3 heteroatoms. The zero-order valence-electron chi connectivity index (χ0n) is 10.5. The Morgan fingerprint density at radius 1 is 0.750 bits per heavy atom. The lowest BCUT2D eigenvalue weighted by Gasteiger charge is -1.91. The molecule has 0 amide bonds. The van der Waals surface area contributed by atoms with Crippen LogP contribution in [0.2, 0.25) is 0 Å². The maximum atomic E-state index is 12.5. The summed E-state index contributed by atoms with van der Waals surface area (Å²) >= 11 is 0. The fourth-order valence-electron chi connectivity index (χ4n) is 2.41. The second kappa shape index (κ2) is 4.10. The minimum absolute atomic E-state index is 0.0252. The van der Waals surface area contributed by atoms with E-state index in [1.807, 2.05) is 36.4 Å². The van der Waals surface area contributed by atoms with E-state index in [2.05, 4.69) is 0 Å². The fourth-order valence-corrected chi connectivity index (χ4v) is 2.41. The highest BCUT2D eigenvalue weighted by atomic mass is 16.3. The van der Waals surface area contributed by atoms with Crippen molar-refractivity contribution in [2.75, 3.05) is 0 Å². The van der Waals surface area contributed by atoms with Gasteiger partial charge in [0.1, 0.15) is 11.5 Å². The van der Waals surface area contributed by atoms with Crippen LogP contribution < -0.4 is 0 Å². The summed E-state index contributed by atoms with van der Waals surface area (Å²) in [6.45, 7) is 0.